The molecule has 0 unspecified atom stereocenters. The molecule has 0 aromatic heterocycles. The molecular weight excluding hydrogens is 114 g/mol. The van der Waals surface area contributed by atoms with Crippen LogP contribution in [0.15, 0.2) is 0 Å². The lowest BCUT2D eigenvalue weighted by molar-refractivity contribution is 0.190. The van der Waals surface area contributed by atoms with E-state index in [1.54, 1.807) is 0 Å². The molecule has 0 aliphatic rings. The minimum atomic E-state index is 0.0781. The van der Waals surface area contributed by atoms with Gasteiger partial charge in [-0.05, 0) is 18.8 Å². The van der Waals surface area contributed by atoms with Gasteiger partial charge in [0.25, 0.3) is 0 Å². The van der Waals surface area contributed by atoms with E-state index in [0.29, 0.717) is 0 Å². The molecule has 0 aliphatic heterocycles. The highest BCUT2D eigenvalue weighted by Gasteiger charge is 2.21. The highest BCUT2D eigenvalue weighted by atomic mass is 16.3. The fourth-order valence-electron chi connectivity index (χ4n) is 0.516. The predicted molar refractivity (Wildman–Crippen MR) is 39.1 cm³/mol. The lowest BCUT2D eigenvalue weighted by atomic mass is 9.83. The quantitative estimate of drug-likeness (QED) is 0.593. The van der Waals surface area contributed by atoms with E-state index in [1.165, 1.54) is 0 Å². The van der Waals surface area contributed by atoms with Crippen LogP contribution in [0.1, 0.15) is 27.2 Å². The van der Waals surface area contributed by atoms with Crippen LogP contribution in [-0.2, 0) is 0 Å². The van der Waals surface area contributed by atoms with Gasteiger partial charge in [0.1, 0.15) is 0 Å². The molecule has 0 heterocycles. The van der Waals surface area contributed by atoms with E-state index < -0.39 is 0 Å². The van der Waals surface area contributed by atoms with Crippen molar-refractivity contribution in [1.82, 2.24) is 0 Å². The Balaban J connectivity index is 3.70. The number of aliphatic hydroxyl groups excluding tert-OH is 1. The van der Waals surface area contributed by atoms with Crippen molar-refractivity contribution in [2.45, 2.75) is 33.2 Å². The smallest absolute Gasteiger partial charge is 0.0436 e. The molecule has 0 spiro atoms. The molecule has 2 nitrogen and oxygen atoms in total. The van der Waals surface area contributed by atoms with Crippen molar-refractivity contribution >= 4 is 0 Å². The first-order valence-corrected chi connectivity index (χ1v) is 3.37. The summed E-state index contributed by atoms with van der Waals surface area (Å²) in [5, 5.41) is 8.60. The maximum atomic E-state index is 8.60. The Labute approximate surface area is 57.1 Å². The van der Waals surface area contributed by atoms with Crippen molar-refractivity contribution in [2.24, 2.45) is 11.1 Å². The third-order valence-electron chi connectivity index (χ3n) is 1.99. The summed E-state index contributed by atoms with van der Waals surface area (Å²) in [7, 11) is 0. The molecule has 56 valence electrons. The zero-order valence-electron chi connectivity index (χ0n) is 6.52. The van der Waals surface area contributed by atoms with E-state index in [9.17, 15) is 0 Å². The molecule has 0 bridgehead atoms. The molecule has 0 amide bonds. The highest BCUT2D eigenvalue weighted by Crippen LogP contribution is 2.22. The first kappa shape index (κ1) is 8.92. The zero-order valence-corrected chi connectivity index (χ0v) is 6.52. The van der Waals surface area contributed by atoms with Crippen LogP contribution in [0.5, 0.6) is 0 Å². The molecular formula is C7H17NO. The summed E-state index contributed by atoms with van der Waals surface area (Å²) < 4.78 is 0. The fourth-order valence-corrected chi connectivity index (χ4v) is 0.516. The van der Waals surface area contributed by atoms with Gasteiger partial charge >= 0.3 is 0 Å². The van der Waals surface area contributed by atoms with E-state index in [1.807, 2.05) is 6.92 Å². The van der Waals surface area contributed by atoms with E-state index in [-0.39, 0.29) is 18.1 Å². The second-order valence-electron chi connectivity index (χ2n) is 3.25. The predicted octanol–water partition coefficient (Wildman–Crippen LogP) is 0.742. The van der Waals surface area contributed by atoms with E-state index in [0.717, 1.165) is 6.42 Å². The lowest BCUT2D eigenvalue weighted by Crippen LogP contribution is -2.35. The van der Waals surface area contributed by atoms with Crippen LogP contribution in [-0.4, -0.2) is 17.8 Å². The Bertz CT molecular complexity index is 79.0. The molecule has 0 fully saturated rings. The lowest BCUT2D eigenvalue weighted by Gasteiger charge is -2.27. The number of hydrogen-bond donors (Lipinski definition) is 2. The monoisotopic (exact) mass is 131 g/mol. The fraction of sp³-hybridized carbons (Fsp3) is 1.00. The van der Waals surface area contributed by atoms with Crippen molar-refractivity contribution in [3.8, 4) is 0 Å². The normalized spacial score (nSPS) is 15.7. The summed E-state index contributed by atoms with van der Waals surface area (Å²) in [6.45, 7) is 6.33. The maximum Gasteiger partial charge on any atom is 0.0436 e. The molecule has 0 saturated heterocycles. The maximum absolute atomic E-state index is 8.60. The molecule has 3 N–H and O–H groups in total. The second kappa shape index (κ2) is 3.18. The molecule has 0 aromatic carbocycles. The minimum absolute atomic E-state index is 0.0781. The van der Waals surface area contributed by atoms with Gasteiger partial charge in [-0.2, -0.15) is 0 Å². The third kappa shape index (κ3) is 2.82. The molecule has 0 radical (unpaired) electrons. The Hall–Kier alpha value is -0.0800. The van der Waals surface area contributed by atoms with Crippen LogP contribution < -0.4 is 5.73 Å². The van der Waals surface area contributed by atoms with Crippen LogP contribution in [0.4, 0.5) is 0 Å². The minimum Gasteiger partial charge on any atom is -0.396 e. The Kier molecular flexibility index (Phi) is 3.15. The van der Waals surface area contributed by atoms with Crippen molar-refractivity contribution in [3.63, 3.8) is 0 Å². The van der Waals surface area contributed by atoms with Gasteiger partial charge in [0.2, 0.25) is 0 Å². The van der Waals surface area contributed by atoms with Gasteiger partial charge in [-0.3, -0.25) is 0 Å². The molecule has 1 atom stereocenters. The average Bonchev–Trinajstić information content (AvgIpc) is 1.65. The van der Waals surface area contributed by atoms with Crippen molar-refractivity contribution in [1.29, 1.82) is 0 Å². The molecule has 0 rings (SSSR count). The standard InChI is InChI=1S/C7H17NO/c1-6(8)7(2,3)4-5-9/h6,9H,4-5,8H2,1-3H3/t6-/m1/s1. The van der Waals surface area contributed by atoms with Crippen LogP contribution in [0, 0.1) is 5.41 Å². The zero-order chi connectivity index (χ0) is 7.49. The summed E-state index contributed by atoms with van der Waals surface area (Å²) in [6, 6.07) is 0.157. The van der Waals surface area contributed by atoms with E-state index >= 15 is 0 Å². The molecule has 9 heavy (non-hydrogen) atoms. The Morgan fingerprint density at radius 2 is 2.00 bits per heavy atom. The highest BCUT2D eigenvalue weighted by molar-refractivity contribution is 4.76. The molecule has 0 saturated carbocycles. The van der Waals surface area contributed by atoms with Gasteiger partial charge in [-0.1, -0.05) is 13.8 Å². The SMILES string of the molecule is C[C@@H](N)C(C)(C)CCO. The van der Waals surface area contributed by atoms with Gasteiger partial charge in [0.05, 0.1) is 0 Å². The molecule has 2 heteroatoms. The van der Waals surface area contributed by atoms with E-state index in [4.69, 9.17) is 10.8 Å². The molecule has 0 aromatic rings. The van der Waals surface area contributed by atoms with Gasteiger partial charge in [-0.15, -0.1) is 0 Å². The van der Waals surface area contributed by atoms with Gasteiger partial charge < -0.3 is 10.8 Å². The van der Waals surface area contributed by atoms with E-state index in [2.05, 4.69) is 13.8 Å². The first-order valence-electron chi connectivity index (χ1n) is 3.37. The number of nitrogens with two attached hydrogens (primary N) is 1. The van der Waals surface area contributed by atoms with Crippen molar-refractivity contribution in [2.75, 3.05) is 6.61 Å². The van der Waals surface area contributed by atoms with Crippen molar-refractivity contribution in [3.05, 3.63) is 0 Å². The van der Waals surface area contributed by atoms with Crippen LogP contribution >= 0.6 is 0 Å². The van der Waals surface area contributed by atoms with Gasteiger partial charge in [0.15, 0.2) is 0 Å². The van der Waals surface area contributed by atoms with Crippen LogP contribution in [0.3, 0.4) is 0 Å². The van der Waals surface area contributed by atoms with Crippen LogP contribution in [0.25, 0.3) is 0 Å². The summed E-state index contributed by atoms with van der Waals surface area (Å²) in [4.78, 5) is 0. The summed E-state index contributed by atoms with van der Waals surface area (Å²) in [5.74, 6) is 0. The summed E-state index contributed by atoms with van der Waals surface area (Å²) >= 11 is 0. The topological polar surface area (TPSA) is 46.2 Å². The number of rotatable bonds is 3. The Morgan fingerprint density at radius 3 is 2.11 bits per heavy atom. The first-order chi connectivity index (χ1) is 4.00. The average molecular weight is 131 g/mol. The summed E-state index contributed by atoms with van der Waals surface area (Å²) in [6.07, 6.45) is 0.782. The molecule has 0 aliphatic carbocycles. The number of aliphatic hydroxyl groups is 1. The van der Waals surface area contributed by atoms with Gasteiger partial charge in [-0.25, -0.2) is 0 Å². The van der Waals surface area contributed by atoms with Crippen LogP contribution in [0.2, 0.25) is 0 Å². The summed E-state index contributed by atoms with van der Waals surface area (Å²) in [5.41, 5.74) is 5.72. The second-order valence-corrected chi connectivity index (χ2v) is 3.25. The number of hydrogen-bond acceptors (Lipinski definition) is 2. The largest absolute Gasteiger partial charge is 0.396 e. The Morgan fingerprint density at radius 1 is 1.56 bits per heavy atom. The van der Waals surface area contributed by atoms with Gasteiger partial charge in [0, 0.05) is 12.6 Å². The van der Waals surface area contributed by atoms with Crippen molar-refractivity contribution < 1.29 is 5.11 Å². The third-order valence-corrected chi connectivity index (χ3v) is 1.99.